The molecule has 0 saturated carbocycles. The van der Waals surface area contributed by atoms with Crippen LogP contribution in [0.5, 0.6) is 0 Å². The summed E-state index contributed by atoms with van der Waals surface area (Å²) >= 11 is 5.51. The van der Waals surface area contributed by atoms with E-state index in [1.807, 2.05) is 24.3 Å². The number of rotatable bonds is 4. The Morgan fingerprint density at radius 2 is 1.86 bits per heavy atom. The standard InChI is InChI=1S/C12H15ClO/c1-9(2)10-3-5-11(6-4-10)12(14)7-8-13/h3-6,9H,7-8H2,1-2H3. The van der Waals surface area contributed by atoms with E-state index in [0.29, 0.717) is 18.2 Å². The zero-order valence-corrected chi connectivity index (χ0v) is 9.34. The average molecular weight is 211 g/mol. The molecule has 0 heterocycles. The predicted octanol–water partition coefficient (Wildman–Crippen LogP) is 3.62. The second-order valence-electron chi connectivity index (χ2n) is 3.64. The van der Waals surface area contributed by atoms with E-state index >= 15 is 0 Å². The quantitative estimate of drug-likeness (QED) is 0.548. The fraction of sp³-hybridized carbons (Fsp3) is 0.417. The van der Waals surface area contributed by atoms with Crippen molar-refractivity contribution in [3.8, 4) is 0 Å². The molecule has 0 aliphatic heterocycles. The normalized spacial score (nSPS) is 10.6. The summed E-state index contributed by atoms with van der Waals surface area (Å²) in [5.74, 6) is 1.02. The molecule has 1 aromatic carbocycles. The molecule has 0 atom stereocenters. The number of Topliss-reactive ketones (excluding diaryl/α,β-unsaturated/α-hetero) is 1. The average Bonchev–Trinajstić information content (AvgIpc) is 2.18. The van der Waals surface area contributed by atoms with Crippen molar-refractivity contribution in [2.45, 2.75) is 26.2 Å². The molecule has 1 rings (SSSR count). The van der Waals surface area contributed by atoms with E-state index < -0.39 is 0 Å². The van der Waals surface area contributed by atoms with Gasteiger partial charge in [-0.1, -0.05) is 38.1 Å². The largest absolute Gasteiger partial charge is 0.294 e. The van der Waals surface area contributed by atoms with Crippen LogP contribution in [0.2, 0.25) is 0 Å². The molecule has 1 nitrogen and oxygen atoms in total. The number of halogens is 1. The Bertz CT molecular complexity index is 301. The first-order chi connectivity index (χ1) is 6.65. The zero-order chi connectivity index (χ0) is 10.6. The number of carbonyl (C=O) groups excluding carboxylic acids is 1. The Morgan fingerprint density at radius 3 is 2.29 bits per heavy atom. The molecule has 0 aliphatic carbocycles. The Labute approximate surface area is 90.1 Å². The van der Waals surface area contributed by atoms with Gasteiger partial charge in [0.2, 0.25) is 0 Å². The third-order valence-corrected chi connectivity index (χ3v) is 2.41. The first-order valence-electron chi connectivity index (χ1n) is 4.84. The molecule has 0 spiro atoms. The highest BCUT2D eigenvalue weighted by Crippen LogP contribution is 2.15. The zero-order valence-electron chi connectivity index (χ0n) is 8.59. The highest BCUT2D eigenvalue weighted by molar-refractivity contribution is 6.19. The van der Waals surface area contributed by atoms with E-state index in [-0.39, 0.29) is 5.78 Å². The minimum atomic E-state index is 0.121. The van der Waals surface area contributed by atoms with Gasteiger partial charge in [-0.2, -0.15) is 0 Å². The van der Waals surface area contributed by atoms with Crippen molar-refractivity contribution in [2.75, 3.05) is 5.88 Å². The van der Waals surface area contributed by atoms with Crippen molar-refractivity contribution in [1.82, 2.24) is 0 Å². The lowest BCUT2D eigenvalue weighted by atomic mass is 10.00. The fourth-order valence-corrected chi connectivity index (χ4v) is 1.46. The molecule has 0 radical (unpaired) electrons. The van der Waals surface area contributed by atoms with Gasteiger partial charge in [0.15, 0.2) is 5.78 Å². The van der Waals surface area contributed by atoms with Crippen LogP contribution in [0.25, 0.3) is 0 Å². The number of hydrogen-bond acceptors (Lipinski definition) is 1. The number of hydrogen-bond donors (Lipinski definition) is 0. The van der Waals surface area contributed by atoms with Gasteiger partial charge in [0.05, 0.1) is 0 Å². The SMILES string of the molecule is CC(C)c1ccc(C(=O)CCCl)cc1. The Balaban J connectivity index is 2.78. The number of carbonyl (C=O) groups is 1. The molecule has 2 heteroatoms. The summed E-state index contributed by atoms with van der Waals surface area (Å²) in [6.07, 6.45) is 0.419. The summed E-state index contributed by atoms with van der Waals surface area (Å²) in [5.41, 5.74) is 2.02. The maximum absolute atomic E-state index is 11.4. The number of ketones is 1. The van der Waals surface area contributed by atoms with Gasteiger partial charge in [0.25, 0.3) is 0 Å². The molecular weight excluding hydrogens is 196 g/mol. The summed E-state index contributed by atoms with van der Waals surface area (Å²) < 4.78 is 0. The minimum Gasteiger partial charge on any atom is -0.294 e. The summed E-state index contributed by atoms with van der Waals surface area (Å²) in [6.45, 7) is 4.27. The number of alkyl halides is 1. The van der Waals surface area contributed by atoms with Gasteiger partial charge >= 0.3 is 0 Å². The van der Waals surface area contributed by atoms with E-state index in [2.05, 4.69) is 13.8 Å². The lowest BCUT2D eigenvalue weighted by molar-refractivity contribution is 0.0989. The van der Waals surface area contributed by atoms with Crippen LogP contribution in [0.3, 0.4) is 0 Å². The summed E-state index contributed by atoms with van der Waals surface area (Å²) in [6, 6.07) is 7.77. The van der Waals surface area contributed by atoms with Crippen molar-refractivity contribution >= 4 is 17.4 Å². The minimum absolute atomic E-state index is 0.121. The molecule has 0 aliphatic rings. The Morgan fingerprint density at radius 1 is 1.29 bits per heavy atom. The molecule has 0 amide bonds. The van der Waals surface area contributed by atoms with Gasteiger partial charge in [0, 0.05) is 17.9 Å². The van der Waals surface area contributed by atoms with Crippen molar-refractivity contribution in [1.29, 1.82) is 0 Å². The summed E-state index contributed by atoms with van der Waals surface area (Å²) in [5, 5.41) is 0. The van der Waals surface area contributed by atoms with Gasteiger partial charge in [-0.15, -0.1) is 11.6 Å². The van der Waals surface area contributed by atoms with Crippen molar-refractivity contribution in [2.24, 2.45) is 0 Å². The van der Waals surface area contributed by atoms with Crippen molar-refractivity contribution in [3.63, 3.8) is 0 Å². The maximum atomic E-state index is 11.4. The molecular formula is C12H15ClO. The van der Waals surface area contributed by atoms with Crippen LogP contribution in [0.1, 0.15) is 42.1 Å². The molecule has 0 fully saturated rings. The van der Waals surface area contributed by atoms with E-state index in [4.69, 9.17) is 11.6 Å². The van der Waals surface area contributed by atoms with Crippen LogP contribution in [-0.4, -0.2) is 11.7 Å². The van der Waals surface area contributed by atoms with E-state index in [0.717, 1.165) is 5.56 Å². The van der Waals surface area contributed by atoms with Crippen LogP contribution in [0.4, 0.5) is 0 Å². The van der Waals surface area contributed by atoms with E-state index in [9.17, 15) is 4.79 Å². The highest BCUT2D eigenvalue weighted by Gasteiger charge is 2.05. The first-order valence-corrected chi connectivity index (χ1v) is 5.37. The van der Waals surface area contributed by atoms with E-state index in [1.54, 1.807) is 0 Å². The van der Waals surface area contributed by atoms with Crippen LogP contribution >= 0.6 is 11.6 Å². The van der Waals surface area contributed by atoms with Crippen molar-refractivity contribution in [3.05, 3.63) is 35.4 Å². The molecule has 0 aromatic heterocycles. The molecule has 76 valence electrons. The lowest BCUT2D eigenvalue weighted by Crippen LogP contribution is -1.99. The second kappa shape index (κ2) is 5.16. The van der Waals surface area contributed by atoms with E-state index in [1.165, 1.54) is 5.56 Å². The van der Waals surface area contributed by atoms with Crippen LogP contribution in [-0.2, 0) is 0 Å². The molecule has 0 unspecified atom stereocenters. The maximum Gasteiger partial charge on any atom is 0.164 e. The van der Waals surface area contributed by atoms with Crippen molar-refractivity contribution < 1.29 is 4.79 Å². The number of benzene rings is 1. The van der Waals surface area contributed by atoms with Gasteiger partial charge in [-0.3, -0.25) is 4.79 Å². The molecule has 1 aromatic rings. The monoisotopic (exact) mass is 210 g/mol. The Hall–Kier alpha value is -0.820. The third kappa shape index (κ3) is 2.85. The fourth-order valence-electron chi connectivity index (χ4n) is 1.28. The summed E-state index contributed by atoms with van der Waals surface area (Å²) in [4.78, 5) is 11.4. The molecule has 0 bridgehead atoms. The second-order valence-corrected chi connectivity index (χ2v) is 4.02. The topological polar surface area (TPSA) is 17.1 Å². The van der Waals surface area contributed by atoms with Gasteiger partial charge < -0.3 is 0 Å². The summed E-state index contributed by atoms with van der Waals surface area (Å²) in [7, 11) is 0. The molecule has 0 saturated heterocycles. The lowest BCUT2D eigenvalue weighted by Gasteiger charge is -2.05. The van der Waals surface area contributed by atoms with Crippen LogP contribution in [0, 0.1) is 0 Å². The smallest absolute Gasteiger partial charge is 0.164 e. The Kier molecular flexibility index (Phi) is 4.15. The van der Waals surface area contributed by atoms with Gasteiger partial charge in [-0.25, -0.2) is 0 Å². The highest BCUT2D eigenvalue weighted by atomic mass is 35.5. The van der Waals surface area contributed by atoms with Crippen LogP contribution in [0.15, 0.2) is 24.3 Å². The van der Waals surface area contributed by atoms with Gasteiger partial charge in [0.1, 0.15) is 0 Å². The predicted molar refractivity (Wildman–Crippen MR) is 60.2 cm³/mol. The third-order valence-electron chi connectivity index (χ3n) is 2.22. The molecule has 0 N–H and O–H groups in total. The molecule has 14 heavy (non-hydrogen) atoms. The van der Waals surface area contributed by atoms with Gasteiger partial charge in [-0.05, 0) is 11.5 Å². The first kappa shape index (κ1) is 11.3. The van der Waals surface area contributed by atoms with Crippen LogP contribution < -0.4 is 0 Å².